The molecule has 36 heavy (non-hydrogen) atoms. The molecule has 1 aliphatic heterocycles. The van der Waals surface area contributed by atoms with Gasteiger partial charge in [0, 0.05) is 12.1 Å². The number of hydrogen-bond donors (Lipinski definition) is 0. The van der Waals surface area contributed by atoms with Crippen LogP contribution in [0.15, 0.2) is 35.1 Å². The number of amides is 1. The van der Waals surface area contributed by atoms with Gasteiger partial charge in [-0.25, -0.2) is 9.78 Å². The molecule has 2 aromatic rings. The van der Waals surface area contributed by atoms with E-state index in [4.69, 9.17) is 9.72 Å². The van der Waals surface area contributed by atoms with Crippen LogP contribution in [0.4, 0.5) is 18.0 Å². The van der Waals surface area contributed by atoms with Gasteiger partial charge in [-0.1, -0.05) is 50.1 Å². The maximum atomic E-state index is 13.6. The SMILES string of the molecule is CCCCC(c1ccccc1)n1c(C)nc2c(c1=O)CCN(C(=O)O[C@H]1CC[C@H](C(F)(F)F)CC1)C2. The van der Waals surface area contributed by atoms with E-state index in [2.05, 4.69) is 6.92 Å². The number of carbonyl (C=O) groups is 1. The molecule has 1 saturated carbocycles. The van der Waals surface area contributed by atoms with E-state index < -0.39 is 24.3 Å². The highest BCUT2D eigenvalue weighted by atomic mass is 19.4. The Kier molecular flexibility index (Phi) is 8.05. The number of ether oxygens (including phenoxy) is 1. The van der Waals surface area contributed by atoms with Gasteiger partial charge in [0.05, 0.1) is 24.2 Å². The summed E-state index contributed by atoms with van der Waals surface area (Å²) in [6.07, 6.45) is -1.69. The standard InChI is InChI=1S/C27H34F3N3O3/c1-3-4-10-24(19-8-6-5-7-9-19)33-18(2)31-23-17-32(16-15-22(23)25(33)34)26(35)36-21-13-11-20(12-14-21)27(28,29)30/h5-9,20-21,24H,3-4,10-17H2,1-2H3/t20-,21-,24?. The van der Waals surface area contributed by atoms with Gasteiger partial charge in [-0.2, -0.15) is 13.2 Å². The average molecular weight is 506 g/mol. The minimum atomic E-state index is -4.20. The fourth-order valence-electron chi connectivity index (χ4n) is 5.39. The molecule has 6 nitrogen and oxygen atoms in total. The van der Waals surface area contributed by atoms with Gasteiger partial charge in [0.15, 0.2) is 0 Å². The van der Waals surface area contributed by atoms with Crippen molar-refractivity contribution in [2.45, 2.75) is 90.1 Å². The summed E-state index contributed by atoms with van der Waals surface area (Å²) in [6.45, 7) is 4.42. The van der Waals surface area contributed by atoms with Crippen LogP contribution < -0.4 is 5.56 Å². The van der Waals surface area contributed by atoms with Crippen molar-refractivity contribution in [1.82, 2.24) is 14.5 Å². The van der Waals surface area contributed by atoms with Gasteiger partial charge in [-0.3, -0.25) is 9.36 Å². The molecule has 196 valence electrons. The molecular formula is C27H34F3N3O3. The summed E-state index contributed by atoms with van der Waals surface area (Å²) in [4.78, 5) is 32.6. The van der Waals surface area contributed by atoms with E-state index >= 15 is 0 Å². The van der Waals surface area contributed by atoms with E-state index in [1.807, 2.05) is 37.3 Å². The van der Waals surface area contributed by atoms with Crippen molar-refractivity contribution in [3.8, 4) is 0 Å². The highest BCUT2D eigenvalue weighted by Crippen LogP contribution is 2.38. The Morgan fingerprint density at radius 3 is 2.50 bits per heavy atom. The van der Waals surface area contributed by atoms with Gasteiger partial charge in [0.25, 0.3) is 5.56 Å². The van der Waals surface area contributed by atoms with Crippen molar-refractivity contribution in [1.29, 1.82) is 0 Å². The van der Waals surface area contributed by atoms with Gasteiger partial charge in [0.2, 0.25) is 0 Å². The molecule has 4 rings (SSSR count). The Morgan fingerprint density at radius 1 is 1.17 bits per heavy atom. The highest BCUT2D eigenvalue weighted by molar-refractivity contribution is 5.68. The summed E-state index contributed by atoms with van der Waals surface area (Å²) in [5.74, 6) is -0.718. The minimum Gasteiger partial charge on any atom is -0.446 e. The number of halogens is 3. The van der Waals surface area contributed by atoms with Crippen molar-refractivity contribution in [3.63, 3.8) is 0 Å². The average Bonchev–Trinajstić information content (AvgIpc) is 2.86. The van der Waals surface area contributed by atoms with E-state index in [-0.39, 0.29) is 43.8 Å². The highest BCUT2D eigenvalue weighted by Gasteiger charge is 2.42. The van der Waals surface area contributed by atoms with Crippen molar-refractivity contribution >= 4 is 6.09 Å². The zero-order chi connectivity index (χ0) is 25.9. The molecule has 2 heterocycles. The molecule has 1 aliphatic carbocycles. The first-order valence-corrected chi connectivity index (χ1v) is 12.9. The maximum absolute atomic E-state index is 13.6. The van der Waals surface area contributed by atoms with Gasteiger partial charge in [0.1, 0.15) is 11.9 Å². The second kappa shape index (κ2) is 11.0. The monoisotopic (exact) mass is 505 g/mol. The van der Waals surface area contributed by atoms with Gasteiger partial charge in [-0.15, -0.1) is 0 Å². The number of carbonyl (C=O) groups excluding carboxylic acids is 1. The van der Waals surface area contributed by atoms with Crippen molar-refractivity contribution in [3.05, 3.63) is 63.3 Å². The van der Waals surface area contributed by atoms with E-state index in [0.717, 1.165) is 24.8 Å². The minimum absolute atomic E-state index is 0.0226. The quantitative estimate of drug-likeness (QED) is 0.487. The number of alkyl halides is 3. The third-order valence-electron chi connectivity index (χ3n) is 7.43. The number of aromatic nitrogens is 2. The second-order valence-electron chi connectivity index (χ2n) is 9.90. The van der Waals surface area contributed by atoms with Gasteiger partial charge >= 0.3 is 12.3 Å². The van der Waals surface area contributed by atoms with Crippen molar-refractivity contribution in [2.75, 3.05) is 6.54 Å². The smallest absolute Gasteiger partial charge is 0.410 e. The van der Waals surface area contributed by atoms with Crippen LogP contribution in [-0.2, 0) is 17.7 Å². The van der Waals surface area contributed by atoms with Gasteiger partial charge < -0.3 is 9.64 Å². The molecule has 0 bridgehead atoms. The van der Waals surface area contributed by atoms with Crippen LogP contribution in [0, 0.1) is 12.8 Å². The number of hydrogen-bond acceptors (Lipinski definition) is 4. The number of nitrogens with zero attached hydrogens (tertiary/aromatic N) is 3. The lowest BCUT2D eigenvalue weighted by molar-refractivity contribution is -0.186. The number of rotatable bonds is 6. The predicted octanol–water partition coefficient (Wildman–Crippen LogP) is 5.95. The van der Waals surface area contributed by atoms with Crippen LogP contribution in [0.1, 0.15) is 80.6 Å². The van der Waals surface area contributed by atoms with Crippen LogP contribution >= 0.6 is 0 Å². The zero-order valence-corrected chi connectivity index (χ0v) is 20.9. The molecule has 1 aromatic heterocycles. The van der Waals surface area contributed by atoms with Crippen LogP contribution in [0.5, 0.6) is 0 Å². The molecule has 0 saturated heterocycles. The number of benzene rings is 1. The second-order valence-corrected chi connectivity index (χ2v) is 9.90. The molecule has 0 N–H and O–H groups in total. The number of unbranched alkanes of at least 4 members (excludes halogenated alkanes) is 1. The third-order valence-corrected chi connectivity index (χ3v) is 7.43. The summed E-state index contributed by atoms with van der Waals surface area (Å²) in [6, 6.07) is 9.86. The Labute approximate surface area is 209 Å². The Morgan fingerprint density at radius 2 is 1.86 bits per heavy atom. The van der Waals surface area contributed by atoms with Crippen molar-refractivity contribution < 1.29 is 22.7 Å². The normalized spacial score (nSPS) is 21.1. The first-order valence-electron chi connectivity index (χ1n) is 12.9. The van der Waals surface area contributed by atoms with E-state index in [9.17, 15) is 22.8 Å². The van der Waals surface area contributed by atoms with Crippen molar-refractivity contribution in [2.24, 2.45) is 5.92 Å². The van der Waals surface area contributed by atoms with Crippen LogP contribution in [0.25, 0.3) is 0 Å². The molecular weight excluding hydrogens is 471 g/mol. The Balaban J connectivity index is 1.48. The summed E-state index contributed by atoms with van der Waals surface area (Å²) >= 11 is 0. The molecule has 1 atom stereocenters. The number of fused-ring (bicyclic) bond motifs is 1. The lowest BCUT2D eigenvalue weighted by Gasteiger charge is -2.33. The molecule has 2 aliphatic rings. The predicted molar refractivity (Wildman–Crippen MR) is 130 cm³/mol. The van der Waals surface area contributed by atoms with Crippen LogP contribution in [0.2, 0.25) is 0 Å². The molecule has 1 amide bonds. The van der Waals surface area contributed by atoms with E-state index in [0.29, 0.717) is 30.0 Å². The first kappa shape index (κ1) is 26.2. The molecule has 0 radical (unpaired) electrons. The Hall–Kier alpha value is -2.84. The third kappa shape index (κ3) is 5.76. The fraction of sp³-hybridized carbons (Fsp3) is 0.593. The molecule has 1 fully saturated rings. The summed E-state index contributed by atoms with van der Waals surface area (Å²) in [5.41, 5.74) is 2.19. The molecule has 0 spiro atoms. The largest absolute Gasteiger partial charge is 0.446 e. The van der Waals surface area contributed by atoms with Crippen LogP contribution in [-0.4, -0.2) is 39.4 Å². The fourth-order valence-corrected chi connectivity index (χ4v) is 5.39. The van der Waals surface area contributed by atoms with Gasteiger partial charge in [-0.05, 0) is 51.0 Å². The summed E-state index contributed by atoms with van der Waals surface area (Å²) in [5, 5.41) is 0. The lowest BCUT2D eigenvalue weighted by atomic mass is 9.87. The first-order chi connectivity index (χ1) is 17.2. The van der Waals surface area contributed by atoms with Crippen LogP contribution in [0.3, 0.4) is 0 Å². The lowest BCUT2D eigenvalue weighted by Crippen LogP contribution is -2.43. The molecule has 9 heteroatoms. The topological polar surface area (TPSA) is 64.4 Å². The summed E-state index contributed by atoms with van der Waals surface area (Å²) < 4.78 is 46.1. The van der Waals surface area contributed by atoms with E-state index in [1.54, 1.807) is 4.57 Å². The summed E-state index contributed by atoms with van der Waals surface area (Å²) in [7, 11) is 0. The zero-order valence-electron chi connectivity index (χ0n) is 20.9. The molecule has 1 aromatic carbocycles. The Bertz CT molecular complexity index is 1110. The maximum Gasteiger partial charge on any atom is 0.410 e. The molecule has 1 unspecified atom stereocenters. The van der Waals surface area contributed by atoms with E-state index in [1.165, 1.54) is 4.90 Å². The number of aryl methyl sites for hydroxylation is 1.